The summed E-state index contributed by atoms with van der Waals surface area (Å²) in [6.45, 7) is 0. The third-order valence-corrected chi connectivity index (χ3v) is 6.40. The third-order valence-electron chi connectivity index (χ3n) is 4.24. The Hall–Kier alpha value is -3.89. The number of nitrogens with one attached hydrogen (secondary N) is 1. The van der Waals surface area contributed by atoms with Gasteiger partial charge < -0.3 is 4.74 Å². The van der Waals surface area contributed by atoms with Crippen molar-refractivity contribution in [1.29, 1.82) is 5.26 Å². The lowest BCUT2D eigenvalue weighted by Crippen LogP contribution is -2.13. The van der Waals surface area contributed by atoms with E-state index in [4.69, 9.17) is 4.74 Å². The van der Waals surface area contributed by atoms with Gasteiger partial charge in [0, 0.05) is 17.8 Å². The number of nitriles is 1. The van der Waals surface area contributed by atoms with Crippen LogP contribution in [0, 0.1) is 11.3 Å². The topological polar surface area (TPSA) is 110 Å². The van der Waals surface area contributed by atoms with Crippen molar-refractivity contribution in [3.8, 4) is 23.3 Å². The Labute approximate surface area is 189 Å². The summed E-state index contributed by atoms with van der Waals surface area (Å²) < 4.78 is 72.2. The molecule has 0 aliphatic rings. The van der Waals surface area contributed by atoms with Crippen molar-refractivity contribution in [2.45, 2.75) is 11.1 Å². The predicted molar refractivity (Wildman–Crippen MR) is 113 cm³/mol. The molecule has 0 aliphatic carbocycles. The van der Waals surface area contributed by atoms with Gasteiger partial charge in [0.1, 0.15) is 17.6 Å². The Morgan fingerprint density at radius 3 is 2.48 bits per heavy atom. The smallest absolute Gasteiger partial charge is 0.435 e. The average molecular weight is 491 g/mol. The van der Waals surface area contributed by atoms with Crippen LogP contribution in [0.25, 0.3) is 5.69 Å². The Bertz CT molecular complexity index is 1430. The lowest BCUT2D eigenvalue weighted by Gasteiger charge is -2.11. The lowest BCUT2D eigenvalue weighted by molar-refractivity contribution is -0.141. The highest BCUT2D eigenvalue weighted by atomic mass is 32.2. The average Bonchev–Trinajstić information content (AvgIpc) is 3.46. The Kier molecular flexibility index (Phi) is 5.79. The summed E-state index contributed by atoms with van der Waals surface area (Å²) in [4.78, 5) is 3.72. The van der Waals surface area contributed by atoms with Crippen LogP contribution in [0.1, 0.15) is 11.3 Å². The fourth-order valence-electron chi connectivity index (χ4n) is 2.71. The van der Waals surface area contributed by atoms with Crippen LogP contribution in [0.4, 0.5) is 18.3 Å². The van der Waals surface area contributed by atoms with Crippen LogP contribution >= 0.6 is 11.3 Å². The standard InChI is InChI=1S/C20H12F3N5O3S2/c21-20(22,23)18-7-9-28(26-18)14-1-3-15(4-2-14)31-17-6-5-16(11-13(17)12-24)33(29,30)27-19-25-8-10-32-19/h1-11H,(H,25,27). The summed E-state index contributed by atoms with van der Waals surface area (Å²) in [7, 11) is -3.95. The number of sulfonamides is 1. The van der Waals surface area contributed by atoms with E-state index < -0.39 is 21.9 Å². The van der Waals surface area contributed by atoms with E-state index in [2.05, 4.69) is 14.8 Å². The first kappa shape index (κ1) is 22.3. The molecule has 168 valence electrons. The van der Waals surface area contributed by atoms with Gasteiger partial charge in [0.25, 0.3) is 10.0 Å². The zero-order chi connectivity index (χ0) is 23.6. The summed E-state index contributed by atoms with van der Waals surface area (Å²) >= 11 is 1.11. The van der Waals surface area contributed by atoms with E-state index >= 15 is 0 Å². The van der Waals surface area contributed by atoms with Gasteiger partial charge in [-0.2, -0.15) is 23.5 Å². The minimum absolute atomic E-state index is 0.0250. The minimum Gasteiger partial charge on any atom is -0.456 e. The van der Waals surface area contributed by atoms with Crippen LogP contribution < -0.4 is 9.46 Å². The molecule has 4 aromatic rings. The van der Waals surface area contributed by atoms with Gasteiger partial charge in [-0.05, 0) is 48.5 Å². The van der Waals surface area contributed by atoms with Crippen LogP contribution in [-0.4, -0.2) is 23.2 Å². The molecule has 0 amide bonds. The molecule has 2 aromatic heterocycles. The number of hydrogen-bond acceptors (Lipinski definition) is 7. The maximum atomic E-state index is 12.7. The molecule has 0 fully saturated rings. The second-order valence-electron chi connectivity index (χ2n) is 6.45. The first-order valence-electron chi connectivity index (χ1n) is 9.03. The first-order valence-corrected chi connectivity index (χ1v) is 11.4. The maximum Gasteiger partial charge on any atom is 0.435 e. The van der Waals surface area contributed by atoms with Crippen molar-refractivity contribution in [1.82, 2.24) is 14.8 Å². The summed E-state index contributed by atoms with van der Waals surface area (Å²) in [6.07, 6.45) is -1.91. The molecule has 0 aliphatic heterocycles. The molecule has 1 N–H and O–H groups in total. The number of rotatable bonds is 6. The molecule has 0 unspecified atom stereocenters. The Balaban J connectivity index is 1.53. The number of anilines is 1. The van der Waals surface area contributed by atoms with Crippen molar-refractivity contribution in [3.05, 3.63) is 77.6 Å². The highest BCUT2D eigenvalue weighted by Crippen LogP contribution is 2.30. The second-order valence-corrected chi connectivity index (χ2v) is 9.03. The number of halogens is 3. The number of alkyl halides is 3. The molecule has 0 spiro atoms. The molecule has 4 rings (SSSR count). The van der Waals surface area contributed by atoms with Gasteiger partial charge in [0.2, 0.25) is 0 Å². The van der Waals surface area contributed by atoms with Crippen molar-refractivity contribution in [3.63, 3.8) is 0 Å². The molecule has 2 aromatic carbocycles. The van der Waals surface area contributed by atoms with Crippen molar-refractivity contribution in [2.75, 3.05) is 4.72 Å². The predicted octanol–water partition coefficient (Wildman–Crippen LogP) is 4.81. The monoisotopic (exact) mass is 491 g/mol. The van der Waals surface area contributed by atoms with E-state index in [1.54, 1.807) is 5.38 Å². The van der Waals surface area contributed by atoms with Gasteiger partial charge >= 0.3 is 6.18 Å². The molecule has 33 heavy (non-hydrogen) atoms. The SMILES string of the molecule is N#Cc1cc(S(=O)(=O)Nc2nccs2)ccc1Oc1ccc(-n2ccc(C(F)(F)F)n2)cc1. The Morgan fingerprint density at radius 1 is 1.12 bits per heavy atom. The van der Waals surface area contributed by atoms with E-state index in [0.717, 1.165) is 22.1 Å². The molecule has 8 nitrogen and oxygen atoms in total. The number of hydrogen-bond donors (Lipinski definition) is 1. The molecule has 0 atom stereocenters. The molecule has 13 heteroatoms. The zero-order valence-electron chi connectivity index (χ0n) is 16.3. The van der Waals surface area contributed by atoms with Crippen LogP contribution in [-0.2, 0) is 16.2 Å². The van der Waals surface area contributed by atoms with Gasteiger partial charge in [-0.1, -0.05) is 0 Å². The first-order chi connectivity index (χ1) is 15.7. The van der Waals surface area contributed by atoms with Crippen LogP contribution in [0.5, 0.6) is 11.5 Å². The van der Waals surface area contributed by atoms with Gasteiger partial charge in [-0.15, -0.1) is 11.3 Å². The van der Waals surface area contributed by atoms with E-state index in [-0.39, 0.29) is 27.1 Å². The summed E-state index contributed by atoms with van der Waals surface area (Å²) in [5.41, 5.74) is -0.670. The van der Waals surface area contributed by atoms with Crippen LogP contribution in [0.3, 0.4) is 0 Å². The molecular formula is C20H12F3N5O3S2. The van der Waals surface area contributed by atoms with E-state index in [1.165, 1.54) is 54.9 Å². The van der Waals surface area contributed by atoms with Gasteiger partial charge in [0.15, 0.2) is 10.8 Å². The van der Waals surface area contributed by atoms with Crippen LogP contribution in [0.2, 0.25) is 0 Å². The summed E-state index contributed by atoms with van der Waals surface area (Å²) in [5.74, 6) is 0.395. The quantitative estimate of drug-likeness (QED) is 0.414. The second kappa shape index (κ2) is 8.57. The van der Waals surface area contributed by atoms with Crippen molar-refractivity contribution >= 4 is 26.5 Å². The molecule has 0 bridgehead atoms. The van der Waals surface area contributed by atoms with Gasteiger partial charge in [0.05, 0.1) is 16.1 Å². The molecule has 0 radical (unpaired) electrons. The molecule has 0 saturated heterocycles. The minimum atomic E-state index is -4.54. The lowest BCUT2D eigenvalue weighted by atomic mass is 10.2. The normalized spacial score (nSPS) is 11.7. The molecule has 0 saturated carbocycles. The highest BCUT2D eigenvalue weighted by molar-refractivity contribution is 7.93. The fraction of sp³-hybridized carbons (Fsp3) is 0.0500. The number of ether oxygens (including phenoxy) is 1. The van der Waals surface area contributed by atoms with Gasteiger partial charge in [-0.25, -0.2) is 18.1 Å². The number of benzene rings is 2. The largest absolute Gasteiger partial charge is 0.456 e. The number of nitrogens with zero attached hydrogens (tertiary/aromatic N) is 4. The third kappa shape index (κ3) is 4.97. The number of thiazole rings is 1. The molecule has 2 heterocycles. The van der Waals surface area contributed by atoms with Crippen molar-refractivity contribution < 1.29 is 26.3 Å². The maximum absolute atomic E-state index is 12.7. The van der Waals surface area contributed by atoms with E-state index in [0.29, 0.717) is 5.69 Å². The van der Waals surface area contributed by atoms with Gasteiger partial charge in [-0.3, -0.25) is 4.72 Å². The van der Waals surface area contributed by atoms with Crippen molar-refractivity contribution in [2.24, 2.45) is 0 Å². The van der Waals surface area contributed by atoms with E-state index in [9.17, 15) is 26.9 Å². The van der Waals surface area contributed by atoms with Crippen LogP contribution in [0.15, 0.2) is 71.2 Å². The number of aromatic nitrogens is 3. The zero-order valence-corrected chi connectivity index (χ0v) is 17.9. The van der Waals surface area contributed by atoms with E-state index in [1.807, 2.05) is 6.07 Å². The highest BCUT2D eigenvalue weighted by Gasteiger charge is 2.33. The summed E-state index contributed by atoms with van der Waals surface area (Å²) in [5, 5.41) is 14.7. The Morgan fingerprint density at radius 2 is 1.88 bits per heavy atom. The molecular weight excluding hydrogens is 479 g/mol. The fourth-order valence-corrected chi connectivity index (χ4v) is 4.53. The summed E-state index contributed by atoms with van der Waals surface area (Å²) in [6, 6.07) is 12.5.